The highest BCUT2D eigenvalue weighted by Crippen LogP contribution is 2.57. The van der Waals surface area contributed by atoms with Gasteiger partial charge in [0, 0.05) is 60.6 Å². The van der Waals surface area contributed by atoms with Gasteiger partial charge in [0.25, 0.3) is 16.7 Å². The predicted octanol–water partition coefficient (Wildman–Crippen LogP) is 26.6. The van der Waals surface area contributed by atoms with Crippen LogP contribution >= 0.6 is 22.7 Å². The quantitative estimate of drug-likeness (QED) is 0.116. The highest BCUT2D eigenvalue weighted by molar-refractivity contribution is 7.13. The van der Waals surface area contributed by atoms with E-state index in [-0.39, 0.29) is 36.5 Å². The number of aryl methyl sites for hydroxylation is 7. The van der Waals surface area contributed by atoms with Crippen LogP contribution < -0.4 is 22.8 Å². The van der Waals surface area contributed by atoms with E-state index >= 15 is 0 Å². The molecule has 5 aromatic heterocycles. The van der Waals surface area contributed by atoms with Crippen molar-refractivity contribution in [2.45, 2.75) is 166 Å². The average Bonchev–Trinajstić information content (AvgIpc) is 1.54. The molecule has 18 rings (SSSR count). The number of nitrogens with zero attached hydrogens (tertiary/aromatic N) is 8. The van der Waals surface area contributed by atoms with Crippen LogP contribution in [0.3, 0.4) is 0 Å². The molecule has 0 unspecified atom stereocenters. The summed E-state index contributed by atoms with van der Waals surface area (Å²) in [5.74, 6) is 3.30. The molecule has 0 fully saturated rings. The lowest BCUT2D eigenvalue weighted by Gasteiger charge is -2.45. The second-order valence-corrected chi connectivity index (χ2v) is 36.7. The molecule has 121 heavy (non-hydrogen) atoms. The molecule has 0 saturated carbocycles. The zero-order chi connectivity index (χ0) is 84.6. The lowest BCUT2D eigenvalue weighted by Crippen LogP contribution is -2.46. The van der Waals surface area contributed by atoms with Gasteiger partial charge in [-0.2, -0.15) is 22.8 Å². The van der Waals surface area contributed by atoms with Gasteiger partial charge in [0.2, 0.25) is 23.2 Å². The van der Waals surface area contributed by atoms with E-state index in [0.717, 1.165) is 0 Å². The smallest absolute Gasteiger partial charge is 0.232 e. The van der Waals surface area contributed by atoms with Gasteiger partial charge in [-0.1, -0.05) is 327 Å². The van der Waals surface area contributed by atoms with Gasteiger partial charge in [-0.15, -0.1) is 0 Å². The lowest BCUT2D eigenvalue weighted by atomic mass is 9.57. The monoisotopic (exact) mass is 1640 g/mol. The van der Waals surface area contributed by atoms with Crippen molar-refractivity contribution in [1.29, 1.82) is 0 Å². The summed E-state index contributed by atoms with van der Waals surface area (Å²) in [6.45, 7) is 39.3. The largest absolute Gasteiger partial charge is 0.294 e. The zero-order valence-electron chi connectivity index (χ0n) is 74.0. The molecule has 0 spiro atoms. The van der Waals surface area contributed by atoms with Gasteiger partial charge in [-0.25, -0.2) is 13.7 Å². The van der Waals surface area contributed by atoms with Crippen molar-refractivity contribution in [3.63, 3.8) is 0 Å². The number of aromatic nitrogens is 8. The number of rotatable bonds is 11. The van der Waals surface area contributed by atoms with Crippen LogP contribution in [0.4, 0.5) is 0 Å². The molecule has 10 heteroatoms. The van der Waals surface area contributed by atoms with Crippen LogP contribution in [-0.4, -0.2) is 13.7 Å². The van der Waals surface area contributed by atoms with E-state index in [1.165, 1.54) is 168 Å². The molecule has 0 atom stereocenters. The Morgan fingerprint density at radius 3 is 1.24 bits per heavy atom. The first kappa shape index (κ1) is 88.6. The minimum atomic E-state index is -0.0796. The van der Waals surface area contributed by atoms with Crippen LogP contribution in [0.5, 0.6) is 0 Å². The number of hydrogen-bond acceptors (Lipinski definition) is 2. The van der Waals surface area contributed by atoms with Gasteiger partial charge in [0.05, 0.1) is 48.6 Å². The van der Waals surface area contributed by atoms with Gasteiger partial charge < -0.3 is 0 Å². The van der Waals surface area contributed by atoms with Crippen molar-refractivity contribution in [2.75, 3.05) is 0 Å². The standard InChI is InChI=1S/C29H31N2.C29H33N2.C23H27N2.C17H16NS.C11H12NS.2CH4/c1-20-14-13-19-23-24(20)25-26(29(4,5)28(23,2)3)31(22-17-11-8-12-18-22)27(30(25)6)21-15-9-7-10-16-21;1-20(2)24-17-12-18-25(21(3)4)28(24)31-19-27(26-16-11-10-13-22(26)5)30(6)29(31)23-14-8-7-9-15-23;1-16-11-10-14-18-19(16)20-21(23(4,5)22(18,2)3)25(15-24(20)6)17-12-8-7-9-13-17;1-13-8-6-7-11-15(13)16-12-19-17(18(16)2)14-9-4-3-5-10-14;1-9-5-3-4-6-10(9)11-7-13-8-12(11)2;;/h7-19H,1-6H3;7-21H,1-6H3;7-15H,1-6H3;3-12H,1-2H3;3-8H,1-2H3;2*1H4/q5*+1;;. The van der Waals surface area contributed by atoms with Crippen LogP contribution in [0.25, 0.3) is 107 Å². The molecular weight excluding hydrogens is 1510 g/mol. The molecule has 0 bridgehead atoms. The number of imidazole rings is 3. The summed E-state index contributed by atoms with van der Waals surface area (Å²) in [6, 6.07) is 99.6. The molecular formula is C111H127N8S2+5. The number of benzene rings is 11. The number of fused-ring (bicyclic) bond motifs is 6. The molecule has 8 nitrogen and oxygen atoms in total. The van der Waals surface area contributed by atoms with Crippen LogP contribution in [0.15, 0.2) is 308 Å². The fourth-order valence-corrected chi connectivity index (χ4v) is 19.9. The number of para-hydroxylation sites is 3. The molecule has 0 amide bonds. The third-order valence-electron chi connectivity index (χ3n) is 26.0. The molecule has 0 N–H and O–H groups in total. The lowest BCUT2D eigenvalue weighted by molar-refractivity contribution is -0.660. The first-order valence-corrected chi connectivity index (χ1v) is 43.9. The third kappa shape index (κ3) is 16.5. The molecule has 0 radical (unpaired) electrons. The molecule has 618 valence electrons. The van der Waals surface area contributed by atoms with E-state index in [1.54, 1.807) is 22.7 Å². The Hall–Kier alpha value is -11.7. The normalized spacial score (nSPS) is 13.3. The van der Waals surface area contributed by atoms with E-state index in [4.69, 9.17) is 0 Å². The van der Waals surface area contributed by atoms with Crippen LogP contribution in [0, 0.1) is 34.6 Å². The highest BCUT2D eigenvalue weighted by atomic mass is 32.1. The topological polar surface area (TPSA) is 34.2 Å². The fourth-order valence-electron chi connectivity index (χ4n) is 18.0. The third-order valence-corrected chi connectivity index (χ3v) is 27.8. The molecule has 0 aliphatic heterocycles. The van der Waals surface area contributed by atoms with Crippen molar-refractivity contribution < 1.29 is 22.8 Å². The Kier molecular flexibility index (Phi) is 26.6. The van der Waals surface area contributed by atoms with Crippen LogP contribution in [-0.2, 0) is 56.9 Å². The summed E-state index contributed by atoms with van der Waals surface area (Å²) in [4.78, 5) is 0. The average molecular weight is 1640 g/mol. The van der Waals surface area contributed by atoms with Crippen molar-refractivity contribution in [3.8, 4) is 107 Å². The van der Waals surface area contributed by atoms with Gasteiger partial charge in [0.1, 0.15) is 37.4 Å². The maximum absolute atomic E-state index is 2.50. The highest BCUT2D eigenvalue weighted by Gasteiger charge is 2.55. The zero-order valence-corrected chi connectivity index (χ0v) is 75.6. The van der Waals surface area contributed by atoms with Crippen molar-refractivity contribution in [3.05, 3.63) is 369 Å². The fraction of sp³-hybridized carbons (Fsp3) is 0.270. The number of thiazole rings is 2. The second-order valence-electron chi connectivity index (χ2n) is 35.1. The minimum Gasteiger partial charge on any atom is -0.232 e. The maximum Gasteiger partial charge on any atom is 0.294 e. The van der Waals surface area contributed by atoms with E-state index in [2.05, 4.69) is 497 Å². The second kappa shape index (κ2) is 36.3. The first-order valence-electron chi connectivity index (χ1n) is 42.1. The molecule has 0 saturated heterocycles. The van der Waals surface area contributed by atoms with E-state index in [9.17, 15) is 0 Å². The Bertz CT molecular complexity index is 6250. The van der Waals surface area contributed by atoms with Crippen molar-refractivity contribution >= 4 is 22.7 Å². The van der Waals surface area contributed by atoms with Crippen molar-refractivity contribution in [2.24, 2.45) is 35.2 Å². The van der Waals surface area contributed by atoms with Gasteiger partial charge in [-0.05, 0) is 158 Å². The SMILES string of the molecule is C.C.Cc1cccc2c1-c1c(n(-c3ccccc3)c(-c3ccccc3)[n+]1C)C(C)(C)C2(C)C.Cc1cccc2c1-c1c(n(-c3ccccc3)c[n+]1C)C(C)(C)C2(C)C.Cc1ccccc1-c1c[n+](-c2c(C(C)C)cccc2C(C)C)c(-c2ccccc2)n1C.Cc1ccccc1-c1csc(-c2ccccc2)[n+]1C.Cc1ccccc1-c1csc[n+]1C. The van der Waals surface area contributed by atoms with Crippen LogP contribution in [0.2, 0.25) is 0 Å². The molecule has 5 heterocycles. The maximum atomic E-state index is 2.50. The summed E-state index contributed by atoms with van der Waals surface area (Å²) in [6.07, 6.45) is 4.57. The minimum absolute atomic E-state index is 0. The summed E-state index contributed by atoms with van der Waals surface area (Å²) >= 11 is 3.53. The summed E-state index contributed by atoms with van der Waals surface area (Å²) in [5.41, 5.74) is 37.8. The Morgan fingerprint density at radius 2 is 0.769 bits per heavy atom. The summed E-state index contributed by atoms with van der Waals surface area (Å²) < 4.78 is 18.8. The number of hydrogen-bond donors (Lipinski definition) is 0. The molecule has 2 aliphatic rings. The Labute approximate surface area is 731 Å². The predicted molar refractivity (Wildman–Crippen MR) is 513 cm³/mol. The Balaban J connectivity index is 0.000000142. The van der Waals surface area contributed by atoms with Crippen LogP contribution in [0.1, 0.15) is 171 Å². The molecule has 2 aliphatic carbocycles. The summed E-state index contributed by atoms with van der Waals surface area (Å²) in [5, 5.41) is 5.71. The first-order chi connectivity index (χ1) is 57.0. The van der Waals surface area contributed by atoms with E-state index in [0.29, 0.717) is 11.8 Å². The molecule has 11 aromatic carbocycles. The molecule has 16 aromatic rings. The van der Waals surface area contributed by atoms with E-state index in [1.807, 2.05) is 0 Å². The summed E-state index contributed by atoms with van der Waals surface area (Å²) in [7, 11) is 10.8. The van der Waals surface area contributed by atoms with Gasteiger partial charge in [0.15, 0.2) is 28.5 Å². The van der Waals surface area contributed by atoms with E-state index < -0.39 is 0 Å². The van der Waals surface area contributed by atoms with Gasteiger partial charge in [-0.3, -0.25) is 0 Å². The van der Waals surface area contributed by atoms with Gasteiger partial charge >= 0.3 is 0 Å². The van der Waals surface area contributed by atoms with Crippen molar-refractivity contribution in [1.82, 2.24) is 13.7 Å². The Morgan fingerprint density at radius 1 is 0.364 bits per heavy atom.